The molecule has 0 bridgehead atoms. The number of likely N-dealkylation sites (tertiary alicyclic amines) is 1. The monoisotopic (exact) mass is 478 g/mol. The van der Waals surface area contributed by atoms with Crippen molar-refractivity contribution in [3.8, 4) is 0 Å². The van der Waals surface area contributed by atoms with Gasteiger partial charge in [-0.1, -0.05) is 51.2 Å². The maximum absolute atomic E-state index is 11.8. The molecule has 1 unspecified atom stereocenters. The van der Waals surface area contributed by atoms with E-state index in [4.69, 9.17) is 10.7 Å². The van der Waals surface area contributed by atoms with Crippen LogP contribution in [0.4, 0.5) is 5.95 Å². The minimum Gasteiger partial charge on any atom is -0.366 e. The zero-order valence-corrected chi connectivity index (χ0v) is 21.9. The van der Waals surface area contributed by atoms with Crippen LogP contribution in [0.3, 0.4) is 0 Å². The van der Waals surface area contributed by atoms with Crippen molar-refractivity contribution in [3.05, 3.63) is 54.3 Å². The summed E-state index contributed by atoms with van der Waals surface area (Å²) in [5, 5.41) is 3.64. The summed E-state index contributed by atoms with van der Waals surface area (Å²) in [6, 6.07) is 1.98. The molecule has 0 aliphatic carbocycles. The number of imidazole rings is 1. The number of allylic oxidation sites excluding steroid dienone is 5. The Morgan fingerprint density at radius 1 is 1.29 bits per heavy atom. The molecule has 2 aromatic rings. The van der Waals surface area contributed by atoms with Gasteiger partial charge in [0.15, 0.2) is 5.65 Å². The summed E-state index contributed by atoms with van der Waals surface area (Å²) in [6.07, 6.45) is 15.5. The average molecular weight is 479 g/mol. The first-order valence-electron chi connectivity index (χ1n) is 12.9. The zero-order valence-electron chi connectivity index (χ0n) is 21.9. The Morgan fingerprint density at radius 3 is 2.69 bits per heavy atom. The lowest BCUT2D eigenvalue weighted by molar-refractivity contribution is 0.1000. The number of anilines is 1. The van der Waals surface area contributed by atoms with Gasteiger partial charge in [-0.05, 0) is 76.2 Å². The quantitative estimate of drug-likeness (QED) is 0.404. The molecule has 0 radical (unpaired) electrons. The molecule has 1 fully saturated rings. The molecule has 35 heavy (non-hydrogen) atoms. The topological polar surface area (TPSA) is 89.1 Å². The molecule has 3 rings (SSSR count). The van der Waals surface area contributed by atoms with Gasteiger partial charge in [0.05, 0.1) is 11.1 Å². The fourth-order valence-corrected chi connectivity index (χ4v) is 5.08. The number of pyridine rings is 1. The molecule has 3 N–H and O–H groups in total. The number of fused-ring (bicyclic) bond motifs is 1. The second kappa shape index (κ2) is 12.2. The number of nitrogens with one attached hydrogen (secondary N) is 1. The second-order valence-corrected chi connectivity index (χ2v) is 10.3. The summed E-state index contributed by atoms with van der Waals surface area (Å²) in [7, 11) is 0. The molecule has 0 spiro atoms. The SMILES string of the molecule is C=C/C=C(\C=C/C)C(C)(C)CC(C)Nc1nc2ncc(C(N)=O)cc2n1CCCN1CCCCC1. The van der Waals surface area contributed by atoms with Crippen LogP contribution >= 0.6 is 0 Å². The molecule has 2 aromatic heterocycles. The maximum atomic E-state index is 11.8. The number of hydrogen-bond donors (Lipinski definition) is 2. The number of carbonyl (C=O) groups is 1. The van der Waals surface area contributed by atoms with E-state index in [-0.39, 0.29) is 11.5 Å². The highest BCUT2D eigenvalue weighted by molar-refractivity contribution is 5.95. The van der Waals surface area contributed by atoms with Gasteiger partial charge in [0.2, 0.25) is 11.9 Å². The van der Waals surface area contributed by atoms with Crippen molar-refractivity contribution in [2.24, 2.45) is 11.1 Å². The minimum atomic E-state index is -0.476. The van der Waals surface area contributed by atoms with Gasteiger partial charge in [0, 0.05) is 18.8 Å². The normalized spacial score (nSPS) is 16.6. The smallest absolute Gasteiger partial charge is 0.250 e. The van der Waals surface area contributed by atoms with Crippen LogP contribution in [-0.2, 0) is 6.54 Å². The van der Waals surface area contributed by atoms with Gasteiger partial charge in [-0.2, -0.15) is 4.98 Å². The van der Waals surface area contributed by atoms with E-state index in [1.165, 1.54) is 44.1 Å². The molecule has 7 nitrogen and oxygen atoms in total. The Balaban J connectivity index is 1.82. The van der Waals surface area contributed by atoms with Crippen LogP contribution < -0.4 is 11.1 Å². The third kappa shape index (κ3) is 7.04. The number of aryl methyl sites for hydroxylation is 1. The predicted octanol–water partition coefficient (Wildman–Crippen LogP) is 5.31. The number of piperidine rings is 1. The number of hydrogen-bond acceptors (Lipinski definition) is 5. The van der Waals surface area contributed by atoms with E-state index in [0.717, 1.165) is 37.4 Å². The van der Waals surface area contributed by atoms with Crippen molar-refractivity contribution < 1.29 is 4.79 Å². The highest BCUT2D eigenvalue weighted by Gasteiger charge is 2.25. The van der Waals surface area contributed by atoms with Gasteiger partial charge < -0.3 is 20.5 Å². The fourth-order valence-electron chi connectivity index (χ4n) is 5.08. The number of nitrogens with two attached hydrogens (primary N) is 1. The Hall–Kier alpha value is -2.93. The van der Waals surface area contributed by atoms with Crippen LogP contribution in [-0.4, -0.2) is 51.0 Å². The minimum absolute atomic E-state index is 0.0460. The van der Waals surface area contributed by atoms with Crippen LogP contribution in [0, 0.1) is 5.41 Å². The number of carbonyl (C=O) groups excluding carboxylic acids is 1. The van der Waals surface area contributed by atoms with Crippen molar-refractivity contribution in [2.45, 2.75) is 72.4 Å². The summed E-state index contributed by atoms with van der Waals surface area (Å²) in [4.78, 5) is 23.6. The van der Waals surface area contributed by atoms with E-state index in [9.17, 15) is 4.79 Å². The van der Waals surface area contributed by atoms with E-state index in [2.05, 4.69) is 65.3 Å². The van der Waals surface area contributed by atoms with Gasteiger partial charge in [-0.25, -0.2) is 4.98 Å². The highest BCUT2D eigenvalue weighted by Crippen LogP contribution is 2.34. The lowest BCUT2D eigenvalue weighted by Gasteiger charge is -2.30. The molecule has 0 aromatic carbocycles. The van der Waals surface area contributed by atoms with E-state index >= 15 is 0 Å². The third-order valence-electron chi connectivity index (χ3n) is 6.81. The predicted molar refractivity (Wildman–Crippen MR) is 146 cm³/mol. The summed E-state index contributed by atoms with van der Waals surface area (Å²) >= 11 is 0. The van der Waals surface area contributed by atoms with Crippen LogP contribution in [0.25, 0.3) is 11.2 Å². The standard InChI is InChI=1S/C28H42N6O/c1-6-12-23(13-7-2)28(4,5)19-21(3)31-27-32-26-24(18-22(20-30-26)25(29)35)34(27)17-11-16-33-14-9-8-10-15-33/h6-7,12-13,18,20-21H,1,8-11,14-17,19H2,2-5H3,(H2,29,35)(H,30,31,32)/b13-7-,23-12+. The lowest BCUT2D eigenvalue weighted by atomic mass is 9.78. The van der Waals surface area contributed by atoms with Crippen molar-refractivity contribution in [1.82, 2.24) is 19.4 Å². The summed E-state index contributed by atoms with van der Waals surface area (Å²) in [5.74, 6) is 0.312. The first-order valence-corrected chi connectivity index (χ1v) is 12.9. The summed E-state index contributed by atoms with van der Waals surface area (Å²) in [6.45, 7) is 16.8. The van der Waals surface area contributed by atoms with E-state index in [1.807, 2.05) is 19.1 Å². The molecular weight excluding hydrogens is 436 g/mol. The molecule has 3 heterocycles. The molecule has 1 saturated heterocycles. The van der Waals surface area contributed by atoms with Crippen molar-refractivity contribution in [1.29, 1.82) is 0 Å². The Morgan fingerprint density at radius 2 is 2.03 bits per heavy atom. The first kappa shape index (κ1) is 26.7. The van der Waals surface area contributed by atoms with Crippen LogP contribution in [0.1, 0.15) is 70.2 Å². The summed E-state index contributed by atoms with van der Waals surface area (Å²) < 4.78 is 2.16. The molecule has 7 heteroatoms. The Labute approximate surface area is 210 Å². The Bertz CT molecular complexity index is 1070. The van der Waals surface area contributed by atoms with Gasteiger partial charge in [-0.15, -0.1) is 0 Å². The van der Waals surface area contributed by atoms with Crippen LogP contribution in [0.15, 0.2) is 48.7 Å². The molecule has 1 amide bonds. The van der Waals surface area contributed by atoms with Crippen molar-refractivity contribution >= 4 is 23.0 Å². The molecular formula is C28H42N6O. The largest absolute Gasteiger partial charge is 0.366 e. The third-order valence-corrected chi connectivity index (χ3v) is 6.81. The van der Waals surface area contributed by atoms with Crippen LogP contribution in [0.2, 0.25) is 0 Å². The molecule has 1 atom stereocenters. The number of amides is 1. The molecule has 190 valence electrons. The first-order chi connectivity index (χ1) is 16.7. The lowest BCUT2D eigenvalue weighted by Crippen LogP contribution is -2.31. The van der Waals surface area contributed by atoms with Gasteiger partial charge in [0.25, 0.3) is 0 Å². The van der Waals surface area contributed by atoms with Crippen molar-refractivity contribution in [2.75, 3.05) is 25.0 Å². The van der Waals surface area contributed by atoms with Gasteiger partial charge >= 0.3 is 0 Å². The molecule has 1 aliphatic rings. The van der Waals surface area contributed by atoms with Crippen LogP contribution in [0.5, 0.6) is 0 Å². The fraction of sp³-hybridized carbons (Fsp3) is 0.536. The van der Waals surface area contributed by atoms with Gasteiger partial charge in [0.1, 0.15) is 0 Å². The highest BCUT2D eigenvalue weighted by atomic mass is 16.1. The number of rotatable bonds is 12. The molecule has 1 aliphatic heterocycles. The van der Waals surface area contributed by atoms with Crippen molar-refractivity contribution in [3.63, 3.8) is 0 Å². The number of nitrogens with zero attached hydrogens (tertiary/aromatic N) is 4. The van der Waals surface area contributed by atoms with E-state index < -0.39 is 5.91 Å². The van der Waals surface area contributed by atoms with E-state index in [0.29, 0.717) is 11.2 Å². The summed E-state index contributed by atoms with van der Waals surface area (Å²) in [5.41, 5.74) is 8.61. The van der Waals surface area contributed by atoms with E-state index in [1.54, 1.807) is 0 Å². The zero-order chi connectivity index (χ0) is 25.4. The average Bonchev–Trinajstić information content (AvgIpc) is 3.15. The second-order valence-electron chi connectivity index (χ2n) is 10.3. The molecule has 0 saturated carbocycles. The number of aromatic nitrogens is 3. The Kier molecular flexibility index (Phi) is 9.26. The van der Waals surface area contributed by atoms with Gasteiger partial charge in [-0.3, -0.25) is 4.79 Å². The maximum Gasteiger partial charge on any atom is 0.250 e. The number of primary amides is 1.